The quantitative estimate of drug-likeness (QED) is 0.422. The third kappa shape index (κ3) is 3.29. The van der Waals surface area contributed by atoms with Gasteiger partial charge in [-0.2, -0.15) is 0 Å². The lowest BCUT2D eigenvalue weighted by Crippen LogP contribution is -2.12. The highest BCUT2D eigenvalue weighted by Crippen LogP contribution is 2.36. The number of benzene rings is 1. The number of hydrogen-bond acceptors (Lipinski definition) is 5. The van der Waals surface area contributed by atoms with Crippen molar-refractivity contribution in [2.75, 3.05) is 6.61 Å². The standard InChI is InChI=1S/C16H12N2O4S/c19-14(13-3-1-7-17-13)10-22-15-6-5-11(18(20)21)9-12(15)16-4-2-8-23-16/h1-9,17H,10H2. The molecule has 0 bridgehead atoms. The Kier molecular flexibility index (Phi) is 4.20. The molecule has 0 aliphatic carbocycles. The van der Waals surface area contributed by atoms with Gasteiger partial charge < -0.3 is 9.72 Å². The molecular weight excluding hydrogens is 316 g/mol. The highest BCUT2D eigenvalue weighted by Gasteiger charge is 2.16. The van der Waals surface area contributed by atoms with E-state index in [9.17, 15) is 14.9 Å². The number of ketones is 1. The normalized spacial score (nSPS) is 10.4. The number of H-pyrrole nitrogens is 1. The van der Waals surface area contributed by atoms with Crippen molar-refractivity contribution in [1.82, 2.24) is 4.98 Å². The molecule has 0 saturated heterocycles. The van der Waals surface area contributed by atoms with E-state index in [-0.39, 0.29) is 18.1 Å². The molecule has 2 heterocycles. The number of ether oxygens (including phenoxy) is 1. The molecular formula is C16H12N2O4S. The number of nitro benzene ring substituents is 1. The third-order valence-corrected chi connectivity index (χ3v) is 4.12. The third-order valence-electron chi connectivity index (χ3n) is 3.22. The molecule has 0 atom stereocenters. The van der Waals surface area contributed by atoms with E-state index >= 15 is 0 Å². The van der Waals surface area contributed by atoms with Crippen molar-refractivity contribution in [3.63, 3.8) is 0 Å². The minimum absolute atomic E-state index is 0.0172. The van der Waals surface area contributed by atoms with Crippen LogP contribution in [0, 0.1) is 10.1 Å². The van der Waals surface area contributed by atoms with Gasteiger partial charge in [-0.3, -0.25) is 14.9 Å². The zero-order chi connectivity index (χ0) is 16.2. The van der Waals surface area contributed by atoms with E-state index in [0.29, 0.717) is 17.0 Å². The summed E-state index contributed by atoms with van der Waals surface area (Å²) in [5, 5.41) is 12.8. The summed E-state index contributed by atoms with van der Waals surface area (Å²) in [6.07, 6.45) is 1.66. The van der Waals surface area contributed by atoms with Crippen molar-refractivity contribution in [3.8, 4) is 16.2 Å². The van der Waals surface area contributed by atoms with Crippen LogP contribution in [0.4, 0.5) is 5.69 Å². The van der Waals surface area contributed by atoms with Crippen LogP contribution in [-0.2, 0) is 0 Å². The van der Waals surface area contributed by atoms with Crippen LogP contribution in [0.3, 0.4) is 0 Å². The molecule has 0 aliphatic rings. The molecule has 0 radical (unpaired) electrons. The number of rotatable bonds is 6. The number of non-ortho nitro benzene ring substituents is 1. The zero-order valence-corrected chi connectivity index (χ0v) is 12.7. The van der Waals surface area contributed by atoms with Gasteiger partial charge >= 0.3 is 0 Å². The average molecular weight is 328 g/mol. The van der Waals surface area contributed by atoms with Crippen molar-refractivity contribution in [3.05, 3.63) is 69.8 Å². The van der Waals surface area contributed by atoms with Gasteiger partial charge in [0.2, 0.25) is 5.78 Å². The second-order valence-electron chi connectivity index (χ2n) is 4.71. The molecule has 2 aromatic heterocycles. The molecule has 0 fully saturated rings. The number of nitrogens with zero attached hydrogens (tertiary/aromatic N) is 1. The fourth-order valence-corrected chi connectivity index (χ4v) is 2.85. The fraction of sp³-hybridized carbons (Fsp3) is 0.0625. The van der Waals surface area contributed by atoms with Crippen LogP contribution in [-0.4, -0.2) is 22.3 Å². The van der Waals surface area contributed by atoms with Gasteiger partial charge in [-0.1, -0.05) is 6.07 Å². The maximum atomic E-state index is 12.0. The van der Waals surface area contributed by atoms with E-state index < -0.39 is 4.92 Å². The summed E-state index contributed by atoms with van der Waals surface area (Å²) in [6.45, 7) is -0.142. The predicted octanol–water partition coefficient (Wildman–Crippen LogP) is 3.91. The fourth-order valence-electron chi connectivity index (χ4n) is 2.11. The zero-order valence-electron chi connectivity index (χ0n) is 11.9. The maximum absolute atomic E-state index is 12.0. The molecule has 0 unspecified atom stereocenters. The Hall–Kier alpha value is -2.93. The van der Waals surface area contributed by atoms with E-state index in [2.05, 4.69) is 4.98 Å². The second kappa shape index (κ2) is 6.45. The summed E-state index contributed by atoms with van der Waals surface area (Å²) >= 11 is 1.45. The number of carbonyl (C=O) groups excluding carboxylic acids is 1. The highest BCUT2D eigenvalue weighted by atomic mass is 32.1. The molecule has 0 amide bonds. The van der Waals surface area contributed by atoms with Crippen LogP contribution in [0.25, 0.3) is 10.4 Å². The van der Waals surface area contributed by atoms with Crippen LogP contribution in [0.1, 0.15) is 10.5 Å². The molecule has 1 aromatic carbocycles. The number of nitrogens with one attached hydrogen (secondary N) is 1. The van der Waals surface area contributed by atoms with Crippen LogP contribution in [0.15, 0.2) is 54.0 Å². The molecule has 0 aliphatic heterocycles. The summed E-state index contributed by atoms with van der Waals surface area (Å²) in [4.78, 5) is 26.2. The first-order valence-corrected chi connectivity index (χ1v) is 7.65. The van der Waals surface area contributed by atoms with Gasteiger partial charge in [-0.05, 0) is 29.6 Å². The molecule has 1 N–H and O–H groups in total. The van der Waals surface area contributed by atoms with Crippen LogP contribution >= 0.6 is 11.3 Å². The lowest BCUT2D eigenvalue weighted by Gasteiger charge is -2.09. The first-order valence-electron chi connectivity index (χ1n) is 6.77. The number of Topliss-reactive ketones (excluding diaryl/α,β-unsaturated/α-hetero) is 1. The average Bonchev–Trinajstić information content (AvgIpc) is 3.25. The van der Waals surface area contributed by atoms with E-state index in [4.69, 9.17) is 4.74 Å². The number of thiophene rings is 1. The molecule has 3 rings (SSSR count). The van der Waals surface area contributed by atoms with Gasteiger partial charge in [-0.25, -0.2) is 0 Å². The topological polar surface area (TPSA) is 85.2 Å². The SMILES string of the molecule is O=C(COc1ccc([N+](=O)[O-])cc1-c1cccs1)c1ccc[nH]1. The number of aromatic amines is 1. The number of nitro groups is 1. The van der Waals surface area contributed by atoms with Crippen molar-refractivity contribution in [2.45, 2.75) is 0 Å². The molecule has 116 valence electrons. The van der Waals surface area contributed by atoms with Gasteiger partial charge in [-0.15, -0.1) is 11.3 Å². The Morgan fingerprint density at radius 2 is 2.13 bits per heavy atom. The Balaban J connectivity index is 1.86. The summed E-state index contributed by atoms with van der Waals surface area (Å²) < 4.78 is 5.60. The lowest BCUT2D eigenvalue weighted by molar-refractivity contribution is -0.384. The molecule has 23 heavy (non-hydrogen) atoms. The van der Waals surface area contributed by atoms with Crippen LogP contribution in [0.2, 0.25) is 0 Å². The smallest absolute Gasteiger partial charge is 0.270 e. The Labute approximate surface area is 135 Å². The van der Waals surface area contributed by atoms with Crippen LogP contribution < -0.4 is 4.74 Å². The van der Waals surface area contributed by atoms with Crippen LogP contribution in [0.5, 0.6) is 5.75 Å². The first kappa shape index (κ1) is 15.0. The maximum Gasteiger partial charge on any atom is 0.270 e. The van der Waals surface area contributed by atoms with Gasteiger partial charge in [0.05, 0.1) is 10.6 Å². The van der Waals surface area contributed by atoms with Crippen molar-refractivity contribution < 1.29 is 14.5 Å². The molecule has 0 spiro atoms. The molecule has 0 saturated carbocycles. The molecule has 3 aromatic rings. The Morgan fingerprint density at radius 1 is 1.26 bits per heavy atom. The van der Waals surface area contributed by atoms with E-state index in [1.54, 1.807) is 18.3 Å². The number of aromatic nitrogens is 1. The minimum Gasteiger partial charge on any atom is -0.485 e. The minimum atomic E-state index is -0.453. The Morgan fingerprint density at radius 3 is 2.78 bits per heavy atom. The summed E-state index contributed by atoms with van der Waals surface area (Å²) in [7, 11) is 0. The summed E-state index contributed by atoms with van der Waals surface area (Å²) in [5.41, 5.74) is 1.05. The number of carbonyl (C=O) groups is 1. The molecule has 7 heteroatoms. The molecule has 6 nitrogen and oxygen atoms in total. The first-order chi connectivity index (χ1) is 11.1. The van der Waals surface area contributed by atoms with Crippen molar-refractivity contribution in [1.29, 1.82) is 0 Å². The summed E-state index contributed by atoms with van der Waals surface area (Å²) in [5.74, 6) is 0.253. The largest absolute Gasteiger partial charge is 0.485 e. The lowest BCUT2D eigenvalue weighted by atomic mass is 10.1. The number of hydrogen-bond donors (Lipinski definition) is 1. The van der Waals surface area contributed by atoms with E-state index in [1.165, 1.54) is 29.5 Å². The van der Waals surface area contributed by atoms with Crippen molar-refractivity contribution in [2.24, 2.45) is 0 Å². The highest BCUT2D eigenvalue weighted by molar-refractivity contribution is 7.13. The monoisotopic (exact) mass is 328 g/mol. The predicted molar refractivity (Wildman–Crippen MR) is 87.0 cm³/mol. The van der Waals surface area contributed by atoms with Crippen molar-refractivity contribution >= 4 is 22.8 Å². The van der Waals surface area contributed by atoms with E-state index in [1.807, 2.05) is 17.5 Å². The van der Waals surface area contributed by atoms with Gasteiger partial charge in [0, 0.05) is 28.8 Å². The van der Waals surface area contributed by atoms with Gasteiger partial charge in [0.25, 0.3) is 5.69 Å². The Bertz CT molecular complexity index is 826. The van der Waals surface area contributed by atoms with E-state index in [0.717, 1.165) is 4.88 Å². The van der Waals surface area contributed by atoms with Gasteiger partial charge in [0.15, 0.2) is 6.61 Å². The van der Waals surface area contributed by atoms with Gasteiger partial charge in [0.1, 0.15) is 5.75 Å². The second-order valence-corrected chi connectivity index (χ2v) is 5.66. The summed E-state index contributed by atoms with van der Waals surface area (Å²) in [6, 6.07) is 11.5.